The molecule has 5 heteroatoms. The molecule has 0 amide bonds. The Morgan fingerprint density at radius 1 is 1.20 bits per heavy atom. The van der Waals surface area contributed by atoms with Gasteiger partial charge in [0.25, 0.3) is 0 Å². The van der Waals surface area contributed by atoms with Crippen molar-refractivity contribution in [2.24, 2.45) is 0 Å². The number of carboxylic acids is 1. The van der Waals surface area contributed by atoms with Gasteiger partial charge in [0.2, 0.25) is 0 Å². The first-order valence-electron chi connectivity index (χ1n) is 8.66. The molecule has 3 rings (SSSR count). The van der Waals surface area contributed by atoms with Gasteiger partial charge in [0.1, 0.15) is 6.04 Å². The van der Waals surface area contributed by atoms with Crippen molar-refractivity contribution in [3.63, 3.8) is 0 Å². The van der Waals surface area contributed by atoms with Gasteiger partial charge in [-0.2, -0.15) is 0 Å². The van der Waals surface area contributed by atoms with E-state index in [1.807, 2.05) is 54.6 Å². The zero-order valence-electron chi connectivity index (χ0n) is 14.2. The topological polar surface area (TPSA) is 70.6 Å². The van der Waals surface area contributed by atoms with E-state index in [4.69, 9.17) is 4.74 Å². The number of aliphatic carboxylic acids is 1. The third-order valence-electron chi connectivity index (χ3n) is 4.38. The summed E-state index contributed by atoms with van der Waals surface area (Å²) in [5.41, 5.74) is 2.94. The molecule has 2 aromatic rings. The molecule has 1 aliphatic heterocycles. The summed E-state index contributed by atoms with van der Waals surface area (Å²) in [4.78, 5) is 11.7. The second-order valence-corrected chi connectivity index (χ2v) is 6.28. The lowest BCUT2D eigenvalue weighted by atomic mass is 10.0. The molecule has 1 aliphatic rings. The molecule has 1 fully saturated rings. The number of nitrogens with one attached hydrogen (secondary N) is 2. The van der Waals surface area contributed by atoms with Crippen LogP contribution in [0.1, 0.15) is 11.1 Å². The van der Waals surface area contributed by atoms with Crippen LogP contribution in [0.2, 0.25) is 0 Å². The Balaban J connectivity index is 1.72. The molecule has 0 spiro atoms. The predicted octanol–water partition coefficient (Wildman–Crippen LogP) is 2.33. The first-order valence-corrected chi connectivity index (χ1v) is 8.66. The first-order chi connectivity index (χ1) is 12.2. The van der Waals surface area contributed by atoms with Crippen LogP contribution in [0, 0.1) is 0 Å². The van der Waals surface area contributed by atoms with E-state index in [9.17, 15) is 9.90 Å². The zero-order chi connectivity index (χ0) is 17.5. The van der Waals surface area contributed by atoms with Gasteiger partial charge in [0.15, 0.2) is 0 Å². The molecule has 0 aromatic heterocycles. The van der Waals surface area contributed by atoms with Gasteiger partial charge >= 0.3 is 5.97 Å². The number of para-hydroxylation sites is 1. The molecule has 132 valence electrons. The van der Waals surface area contributed by atoms with Gasteiger partial charge in [0.05, 0.1) is 12.7 Å². The quantitative estimate of drug-likeness (QED) is 0.722. The number of hydrogen-bond donors (Lipinski definition) is 3. The Hall–Kier alpha value is -2.37. The number of carbonyl (C=O) groups is 1. The Labute approximate surface area is 148 Å². The zero-order valence-corrected chi connectivity index (χ0v) is 14.2. The largest absolute Gasteiger partial charge is 0.480 e. The minimum atomic E-state index is -0.853. The predicted molar refractivity (Wildman–Crippen MR) is 97.9 cm³/mol. The smallest absolute Gasteiger partial charge is 0.326 e. The van der Waals surface area contributed by atoms with Crippen LogP contribution >= 0.6 is 0 Å². The summed E-state index contributed by atoms with van der Waals surface area (Å²) in [6, 6.07) is 16.9. The molecule has 5 nitrogen and oxygen atoms in total. The third kappa shape index (κ3) is 5.05. The highest BCUT2D eigenvalue weighted by Crippen LogP contribution is 2.20. The van der Waals surface area contributed by atoms with Gasteiger partial charge in [0, 0.05) is 31.6 Å². The molecule has 1 saturated heterocycles. The molecular weight excluding hydrogens is 316 g/mol. The summed E-state index contributed by atoms with van der Waals surface area (Å²) in [6.07, 6.45) is 1.31. The summed E-state index contributed by atoms with van der Waals surface area (Å²) < 4.78 is 5.78. The second kappa shape index (κ2) is 8.65. The number of rotatable bonds is 7. The molecule has 0 saturated carbocycles. The lowest BCUT2D eigenvalue weighted by molar-refractivity contribution is -0.137. The minimum absolute atomic E-state index is 0.120. The van der Waals surface area contributed by atoms with Gasteiger partial charge in [-0.3, -0.25) is 0 Å². The van der Waals surface area contributed by atoms with Crippen LogP contribution in [0.5, 0.6) is 0 Å². The fourth-order valence-corrected chi connectivity index (χ4v) is 3.07. The Morgan fingerprint density at radius 2 is 1.96 bits per heavy atom. The second-order valence-electron chi connectivity index (χ2n) is 6.28. The van der Waals surface area contributed by atoms with Crippen LogP contribution in [0.4, 0.5) is 5.69 Å². The van der Waals surface area contributed by atoms with Gasteiger partial charge in [-0.1, -0.05) is 48.5 Å². The van der Waals surface area contributed by atoms with E-state index in [2.05, 4.69) is 10.6 Å². The standard InChI is InChI=1S/C20H24N2O3/c23-20(24)19(12-15-6-2-1-3-7-15)22-18-9-5-4-8-16(18)13-17-14-21-10-11-25-17/h1-9,17,19,21-22H,10-14H2,(H,23,24). The molecule has 0 bridgehead atoms. The number of morpholine rings is 1. The molecule has 1 heterocycles. The Bertz CT molecular complexity index is 684. The van der Waals surface area contributed by atoms with Crippen molar-refractivity contribution in [1.82, 2.24) is 5.32 Å². The molecule has 2 aromatic carbocycles. The monoisotopic (exact) mass is 340 g/mol. The van der Waals surface area contributed by atoms with Crippen molar-refractivity contribution in [3.05, 3.63) is 65.7 Å². The van der Waals surface area contributed by atoms with Crippen molar-refractivity contribution in [3.8, 4) is 0 Å². The van der Waals surface area contributed by atoms with Gasteiger partial charge in [-0.15, -0.1) is 0 Å². The average molecular weight is 340 g/mol. The molecule has 25 heavy (non-hydrogen) atoms. The fraction of sp³-hybridized carbons (Fsp3) is 0.350. The van der Waals surface area contributed by atoms with Crippen molar-refractivity contribution >= 4 is 11.7 Å². The van der Waals surface area contributed by atoms with E-state index in [0.29, 0.717) is 13.0 Å². The number of benzene rings is 2. The molecule has 2 unspecified atom stereocenters. The normalized spacial score (nSPS) is 18.5. The average Bonchev–Trinajstić information content (AvgIpc) is 2.64. The van der Waals surface area contributed by atoms with Crippen molar-refractivity contribution in [2.75, 3.05) is 25.0 Å². The van der Waals surface area contributed by atoms with Crippen LogP contribution in [-0.2, 0) is 22.4 Å². The van der Waals surface area contributed by atoms with Gasteiger partial charge < -0.3 is 20.5 Å². The maximum absolute atomic E-state index is 11.7. The first kappa shape index (κ1) is 17.5. The minimum Gasteiger partial charge on any atom is -0.480 e. The summed E-state index contributed by atoms with van der Waals surface area (Å²) in [5.74, 6) is -0.853. The highest BCUT2D eigenvalue weighted by atomic mass is 16.5. The van der Waals surface area contributed by atoms with E-state index in [1.165, 1.54) is 0 Å². The Kier molecular flexibility index (Phi) is 6.04. The van der Waals surface area contributed by atoms with Gasteiger partial charge in [-0.05, 0) is 17.2 Å². The summed E-state index contributed by atoms with van der Waals surface area (Å²) in [5, 5.41) is 16.1. The summed E-state index contributed by atoms with van der Waals surface area (Å²) >= 11 is 0. The van der Waals surface area contributed by atoms with Crippen molar-refractivity contribution < 1.29 is 14.6 Å². The summed E-state index contributed by atoms with van der Waals surface area (Å²) in [6.45, 7) is 2.42. The van der Waals surface area contributed by atoms with E-state index in [0.717, 1.165) is 36.3 Å². The fourth-order valence-electron chi connectivity index (χ4n) is 3.07. The van der Waals surface area contributed by atoms with Crippen LogP contribution in [0.15, 0.2) is 54.6 Å². The van der Waals surface area contributed by atoms with Crippen LogP contribution < -0.4 is 10.6 Å². The molecule has 3 N–H and O–H groups in total. The highest BCUT2D eigenvalue weighted by Gasteiger charge is 2.20. The van der Waals surface area contributed by atoms with Crippen molar-refractivity contribution in [1.29, 1.82) is 0 Å². The van der Waals surface area contributed by atoms with Crippen LogP contribution in [-0.4, -0.2) is 42.9 Å². The number of anilines is 1. The van der Waals surface area contributed by atoms with E-state index in [-0.39, 0.29) is 6.10 Å². The molecule has 2 atom stereocenters. The summed E-state index contributed by atoms with van der Waals surface area (Å²) in [7, 11) is 0. The lowest BCUT2D eigenvalue weighted by Crippen LogP contribution is -2.39. The van der Waals surface area contributed by atoms with Gasteiger partial charge in [-0.25, -0.2) is 4.79 Å². The number of ether oxygens (including phenoxy) is 1. The number of hydrogen-bond acceptors (Lipinski definition) is 4. The van der Waals surface area contributed by atoms with E-state index >= 15 is 0 Å². The van der Waals surface area contributed by atoms with E-state index in [1.54, 1.807) is 0 Å². The van der Waals surface area contributed by atoms with Crippen LogP contribution in [0.25, 0.3) is 0 Å². The maximum atomic E-state index is 11.7. The molecule has 0 aliphatic carbocycles. The highest BCUT2D eigenvalue weighted by molar-refractivity contribution is 5.78. The molecular formula is C20H24N2O3. The van der Waals surface area contributed by atoms with Crippen molar-refractivity contribution in [2.45, 2.75) is 25.0 Å². The third-order valence-corrected chi connectivity index (χ3v) is 4.38. The number of carboxylic acid groups (broad SMARTS) is 1. The molecule has 0 radical (unpaired) electrons. The van der Waals surface area contributed by atoms with E-state index < -0.39 is 12.0 Å². The Morgan fingerprint density at radius 3 is 2.68 bits per heavy atom. The maximum Gasteiger partial charge on any atom is 0.326 e. The van der Waals surface area contributed by atoms with Crippen LogP contribution in [0.3, 0.4) is 0 Å². The SMILES string of the molecule is O=C(O)C(Cc1ccccc1)Nc1ccccc1CC1CNCCO1. The lowest BCUT2D eigenvalue weighted by Gasteiger charge is -2.25.